The normalized spacial score (nSPS) is 15.9. The van der Waals surface area contributed by atoms with E-state index in [1.54, 1.807) is 12.1 Å². The maximum Gasteiger partial charge on any atom is 0.433 e. The molecule has 0 unspecified atom stereocenters. The molecule has 2 aliphatic rings. The summed E-state index contributed by atoms with van der Waals surface area (Å²) in [7, 11) is -4.21. The van der Waals surface area contributed by atoms with Crippen LogP contribution in [0.1, 0.15) is 46.9 Å². The van der Waals surface area contributed by atoms with Crippen molar-refractivity contribution in [1.29, 1.82) is 0 Å². The first-order chi connectivity index (χ1) is 17.8. The first-order valence-corrected chi connectivity index (χ1v) is 13.4. The van der Waals surface area contributed by atoms with Crippen LogP contribution in [0.5, 0.6) is 0 Å². The molecular weight excluding hydrogens is 521 g/mol. The van der Waals surface area contributed by atoms with Gasteiger partial charge in [0.2, 0.25) is 0 Å². The number of nitrogens with one attached hydrogen (secondary N) is 1. The summed E-state index contributed by atoms with van der Waals surface area (Å²) in [6.45, 7) is 3.97. The minimum atomic E-state index is -4.69. The molecule has 3 aromatic rings. The van der Waals surface area contributed by atoms with Crippen LogP contribution < -0.4 is 9.62 Å². The quantitative estimate of drug-likeness (QED) is 0.500. The third-order valence-electron chi connectivity index (χ3n) is 6.63. The number of aromatic nitrogens is 1. The summed E-state index contributed by atoms with van der Waals surface area (Å²) in [5.41, 5.74) is 0.516. The number of anilines is 3. The number of carbonyl (C=O) groups excluding carboxylic acids is 1. The van der Waals surface area contributed by atoms with Crippen LogP contribution in [0.15, 0.2) is 59.5 Å². The number of likely N-dealkylation sites (tertiary alicyclic amines) is 1. The van der Waals surface area contributed by atoms with E-state index in [1.165, 1.54) is 41.3 Å². The molecule has 0 atom stereocenters. The van der Waals surface area contributed by atoms with Crippen LogP contribution in [0, 0.1) is 0 Å². The highest BCUT2D eigenvalue weighted by atomic mass is 32.2. The molecule has 1 amide bonds. The molecule has 0 spiro atoms. The summed E-state index contributed by atoms with van der Waals surface area (Å²) in [6, 6.07) is 12.7. The van der Waals surface area contributed by atoms with Gasteiger partial charge in [0.25, 0.3) is 15.9 Å². The second-order valence-corrected chi connectivity index (χ2v) is 11.5. The zero-order valence-electron chi connectivity index (χ0n) is 20.5. The minimum Gasteiger partial charge on any atom is -0.389 e. The fourth-order valence-corrected chi connectivity index (χ4v) is 5.85. The third kappa shape index (κ3) is 4.69. The van der Waals surface area contributed by atoms with Gasteiger partial charge in [-0.25, -0.2) is 13.4 Å². The van der Waals surface area contributed by atoms with E-state index < -0.39 is 33.9 Å². The Bertz CT molecular complexity index is 1500. The average molecular weight is 547 g/mol. The van der Waals surface area contributed by atoms with Crippen LogP contribution in [0.2, 0.25) is 0 Å². The van der Waals surface area contributed by atoms with Crippen molar-refractivity contribution in [3.8, 4) is 0 Å². The SMILES string of the molecule is CC(C)c1ccc(S(=O)(=O)N2Cc3ccc(C(F)(F)F)nc3Nc3ccc(C(=O)N4CC(O)C4)cc32)cc1. The Labute approximate surface area is 217 Å². The molecule has 38 heavy (non-hydrogen) atoms. The molecule has 0 saturated carbocycles. The average Bonchev–Trinajstić information content (AvgIpc) is 3.02. The Balaban J connectivity index is 1.63. The van der Waals surface area contributed by atoms with Crippen LogP contribution in [-0.2, 0) is 22.7 Å². The van der Waals surface area contributed by atoms with Crippen molar-refractivity contribution in [2.75, 3.05) is 22.7 Å². The number of nitrogens with zero attached hydrogens (tertiary/aromatic N) is 3. The Kier molecular flexibility index (Phi) is 6.35. The predicted molar refractivity (Wildman–Crippen MR) is 135 cm³/mol. The van der Waals surface area contributed by atoms with Gasteiger partial charge in [0, 0.05) is 24.2 Å². The molecule has 0 aliphatic carbocycles. The van der Waals surface area contributed by atoms with Crippen LogP contribution >= 0.6 is 0 Å². The number of hydrogen-bond acceptors (Lipinski definition) is 6. The smallest absolute Gasteiger partial charge is 0.389 e. The van der Waals surface area contributed by atoms with Gasteiger partial charge in [0.15, 0.2) is 0 Å². The summed E-state index contributed by atoms with van der Waals surface area (Å²) in [4.78, 5) is 18.1. The fourth-order valence-electron chi connectivity index (χ4n) is 4.40. The maximum absolute atomic E-state index is 13.9. The van der Waals surface area contributed by atoms with Crippen LogP contribution in [0.25, 0.3) is 0 Å². The second-order valence-electron chi connectivity index (χ2n) is 9.66. The second kappa shape index (κ2) is 9.28. The van der Waals surface area contributed by atoms with Gasteiger partial charge in [-0.3, -0.25) is 9.10 Å². The fraction of sp³-hybridized carbons (Fsp3) is 0.308. The third-order valence-corrected chi connectivity index (χ3v) is 8.41. The van der Waals surface area contributed by atoms with Crippen molar-refractivity contribution in [2.24, 2.45) is 0 Å². The van der Waals surface area contributed by atoms with Gasteiger partial charge in [-0.2, -0.15) is 13.2 Å². The predicted octanol–water partition coefficient (Wildman–Crippen LogP) is 4.49. The monoisotopic (exact) mass is 546 g/mol. The molecule has 2 aliphatic heterocycles. The summed E-state index contributed by atoms with van der Waals surface area (Å²) < 4.78 is 69.0. The summed E-state index contributed by atoms with van der Waals surface area (Å²) >= 11 is 0. The van der Waals surface area contributed by atoms with E-state index >= 15 is 0 Å². The lowest BCUT2D eigenvalue weighted by atomic mass is 10.0. The Morgan fingerprint density at radius 3 is 2.37 bits per heavy atom. The number of benzene rings is 2. The number of pyridine rings is 1. The van der Waals surface area contributed by atoms with Crippen LogP contribution in [0.3, 0.4) is 0 Å². The number of hydrogen-bond donors (Lipinski definition) is 2. The Hall–Kier alpha value is -3.64. The van der Waals surface area contributed by atoms with Crippen molar-refractivity contribution in [3.05, 3.63) is 77.0 Å². The maximum atomic E-state index is 13.9. The van der Waals surface area contributed by atoms with Gasteiger partial charge in [0.05, 0.1) is 28.9 Å². The highest BCUT2D eigenvalue weighted by molar-refractivity contribution is 7.92. The molecule has 1 aromatic heterocycles. The van der Waals surface area contributed by atoms with Crippen LogP contribution in [0.4, 0.5) is 30.4 Å². The van der Waals surface area contributed by atoms with E-state index in [0.29, 0.717) is 0 Å². The number of fused-ring (bicyclic) bond motifs is 2. The highest BCUT2D eigenvalue weighted by Gasteiger charge is 2.36. The lowest BCUT2D eigenvalue weighted by Gasteiger charge is -2.36. The number of halogens is 3. The van der Waals surface area contributed by atoms with Crippen LogP contribution in [-0.4, -0.2) is 48.5 Å². The van der Waals surface area contributed by atoms with E-state index in [0.717, 1.165) is 15.9 Å². The van der Waals surface area contributed by atoms with Gasteiger partial charge in [0.1, 0.15) is 11.5 Å². The molecule has 2 N–H and O–H groups in total. The lowest BCUT2D eigenvalue weighted by Crippen LogP contribution is -2.53. The number of alkyl halides is 3. The zero-order valence-corrected chi connectivity index (χ0v) is 21.3. The largest absolute Gasteiger partial charge is 0.433 e. The van der Waals surface area contributed by atoms with Crippen molar-refractivity contribution < 1.29 is 31.5 Å². The van der Waals surface area contributed by atoms with Gasteiger partial charge in [-0.15, -0.1) is 0 Å². The number of carbonyl (C=O) groups is 1. The van der Waals surface area contributed by atoms with E-state index in [2.05, 4.69) is 10.3 Å². The van der Waals surface area contributed by atoms with Crippen molar-refractivity contribution in [3.63, 3.8) is 0 Å². The summed E-state index contributed by atoms with van der Waals surface area (Å²) in [5, 5.41) is 12.4. The molecule has 0 bridgehead atoms. The van der Waals surface area contributed by atoms with Gasteiger partial charge >= 0.3 is 6.18 Å². The topological polar surface area (TPSA) is 103 Å². The Morgan fingerprint density at radius 1 is 1.08 bits per heavy atom. The number of aliphatic hydroxyl groups is 1. The highest BCUT2D eigenvalue weighted by Crippen LogP contribution is 2.40. The first kappa shape index (κ1) is 26.0. The van der Waals surface area contributed by atoms with Gasteiger partial charge in [-0.05, 0) is 47.9 Å². The first-order valence-electron chi connectivity index (χ1n) is 11.9. The van der Waals surface area contributed by atoms with Gasteiger partial charge in [-0.1, -0.05) is 32.0 Å². The molecule has 1 saturated heterocycles. The van der Waals surface area contributed by atoms with E-state index in [-0.39, 0.29) is 58.8 Å². The molecule has 5 rings (SSSR count). The molecule has 2 aromatic carbocycles. The standard InChI is InChI=1S/C26H25F3N4O4S/c1-15(2)16-3-7-20(8-4-16)38(36,37)33-12-18-6-10-23(26(27,28)29)31-24(18)30-21-9-5-17(11-22(21)33)25(35)32-13-19(34)14-32/h3-11,15,19,34H,12-14H2,1-2H3,(H,30,31). The van der Waals surface area contributed by atoms with Crippen molar-refractivity contribution >= 4 is 33.1 Å². The minimum absolute atomic E-state index is 0.00114. The number of aliphatic hydroxyl groups excluding tert-OH is 1. The summed E-state index contributed by atoms with van der Waals surface area (Å²) in [6.07, 6.45) is -5.30. The molecular formula is C26H25F3N4O4S. The Morgan fingerprint density at radius 2 is 1.76 bits per heavy atom. The van der Waals surface area contributed by atoms with E-state index in [9.17, 15) is 31.5 Å². The molecule has 200 valence electrons. The zero-order chi connectivity index (χ0) is 27.4. The molecule has 1 fully saturated rings. The summed E-state index contributed by atoms with van der Waals surface area (Å²) in [5.74, 6) is -0.334. The molecule has 8 nitrogen and oxygen atoms in total. The van der Waals surface area contributed by atoms with Gasteiger partial charge < -0.3 is 15.3 Å². The number of β-amino-alcohol motifs (C(OH)–C–C–N with tert-alkyl or cyclic N) is 1. The molecule has 0 radical (unpaired) electrons. The number of rotatable bonds is 4. The molecule has 12 heteroatoms. The lowest BCUT2D eigenvalue weighted by molar-refractivity contribution is -0.141. The van der Waals surface area contributed by atoms with Crippen molar-refractivity contribution in [1.82, 2.24) is 9.88 Å². The van der Waals surface area contributed by atoms with E-state index in [1.807, 2.05) is 13.8 Å². The molecule has 3 heterocycles. The number of amides is 1. The number of sulfonamides is 1. The van der Waals surface area contributed by atoms with E-state index in [4.69, 9.17) is 0 Å². The van der Waals surface area contributed by atoms with Crippen molar-refractivity contribution in [2.45, 2.75) is 43.5 Å².